The Morgan fingerprint density at radius 1 is 1.26 bits per heavy atom. The normalized spacial score (nSPS) is 11.6. The van der Waals surface area contributed by atoms with Crippen molar-refractivity contribution in [3.05, 3.63) is 58.9 Å². The summed E-state index contributed by atoms with van der Waals surface area (Å²) in [4.78, 5) is 0. The van der Waals surface area contributed by atoms with Gasteiger partial charge in [0.1, 0.15) is 17.6 Å². The van der Waals surface area contributed by atoms with Crippen molar-refractivity contribution < 1.29 is 9.50 Å². The van der Waals surface area contributed by atoms with Crippen molar-refractivity contribution in [2.45, 2.75) is 6.04 Å². The average molecular weight is 277 g/mol. The third-order valence-corrected chi connectivity index (χ3v) is 2.91. The first-order valence-electron chi connectivity index (χ1n) is 5.51. The number of benzene rings is 2. The van der Waals surface area contributed by atoms with Crippen LogP contribution in [0.25, 0.3) is 0 Å². The molecule has 0 bridgehead atoms. The van der Waals surface area contributed by atoms with E-state index in [0.717, 1.165) is 0 Å². The Labute approximate surface area is 114 Å². The fraction of sp³-hybridized carbons (Fsp3) is 0.0714. The van der Waals surface area contributed by atoms with E-state index in [1.807, 2.05) is 6.07 Å². The van der Waals surface area contributed by atoms with Gasteiger partial charge in [-0.15, -0.1) is 0 Å². The summed E-state index contributed by atoms with van der Waals surface area (Å²) in [5, 5.41) is 21.4. The zero-order chi connectivity index (χ0) is 13.8. The fourth-order valence-electron chi connectivity index (χ4n) is 1.63. The molecule has 1 atom stereocenters. The molecule has 96 valence electrons. The molecule has 2 rings (SSSR count). The van der Waals surface area contributed by atoms with E-state index in [2.05, 4.69) is 5.32 Å². The van der Waals surface area contributed by atoms with E-state index in [9.17, 15) is 9.50 Å². The summed E-state index contributed by atoms with van der Waals surface area (Å²) in [6.45, 7) is 0. The van der Waals surface area contributed by atoms with Crippen LogP contribution in [0, 0.1) is 17.1 Å². The van der Waals surface area contributed by atoms with E-state index in [1.54, 1.807) is 24.3 Å². The summed E-state index contributed by atoms with van der Waals surface area (Å²) in [7, 11) is 0. The minimum atomic E-state index is -0.755. The second kappa shape index (κ2) is 5.59. The first-order valence-corrected chi connectivity index (χ1v) is 5.88. The minimum absolute atomic E-state index is 0.0620. The standard InChI is InChI=1S/C14H10ClFN2O/c15-10-7-9(5-6-14(10)19)13(8-17)18-12-4-2-1-3-11(12)16/h1-7,13,18-19H. The predicted molar refractivity (Wildman–Crippen MR) is 71.5 cm³/mol. The largest absolute Gasteiger partial charge is 0.506 e. The molecule has 3 nitrogen and oxygen atoms in total. The Bertz CT molecular complexity index is 640. The van der Waals surface area contributed by atoms with Gasteiger partial charge in [0.2, 0.25) is 0 Å². The van der Waals surface area contributed by atoms with Crippen molar-refractivity contribution >= 4 is 17.3 Å². The maximum Gasteiger partial charge on any atom is 0.146 e. The fourth-order valence-corrected chi connectivity index (χ4v) is 1.82. The molecule has 0 radical (unpaired) electrons. The summed E-state index contributed by atoms with van der Waals surface area (Å²) < 4.78 is 13.5. The van der Waals surface area contributed by atoms with Crippen LogP contribution in [0.5, 0.6) is 5.75 Å². The number of nitriles is 1. The van der Waals surface area contributed by atoms with Gasteiger partial charge in [-0.2, -0.15) is 5.26 Å². The summed E-state index contributed by atoms with van der Waals surface area (Å²) in [5.41, 5.74) is 0.784. The van der Waals surface area contributed by atoms with E-state index in [1.165, 1.54) is 18.2 Å². The highest BCUT2D eigenvalue weighted by molar-refractivity contribution is 6.32. The van der Waals surface area contributed by atoms with Gasteiger partial charge in [-0.1, -0.05) is 29.8 Å². The van der Waals surface area contributed by atoms with Crippen LogP contribution in [0.1, 0.15) is 11.6 Å². The minimum Gasteiger partial charge on any atom is -0.506 e. The number of nitrogens with one attached hydrogen (secondary N) is 1. The first kappa shape index (κ1) is 13.2. The lowest BCUT2D eigenvalue weighted by Crippen LogP contribution is -2.09. The van der Waals surface area contributed by atoms with Crippen LogP contribution in [-0.4, -0.2) is 5.11 Å². The third kappa shape index (κ3) is 2.95. The molecule has 19 heavy (non-hydrogen) atoms. The highest BCUT2D eigenvalue weighted by Gasteiger charge is 2.13. The summed E-state index contributed by atoms with van der Waals surface area (Å²) in [6, 6.07) is 11.8. The molecule has 0 amide bonds. The van der Waals surface area contributed by atoms with Crippen LogP contribution in [0.2, 0.25) is 5.02 Å². The van der Waals surface area contributed by atoms with Gasteiger partial charge < -0.3 is 10.4 Å². The van der Waals surface area contributed by atoms with Crippen molar-refractivity contribution in [1.29, 1.82) is 5.26 Å². The Balaban J connectivity index is 2.28. The quantitative estimate of drug-likeness (QED) is 0.895. The van der Waals surface area contributed by atoms with Gasteiger partial charge in [-0.05, 0) is 29.8 Å². The molecule has 0 saturated carbocycles. The molecule has 1 unspecified atom stereocenters. The molecule has 0 aromatic heterocycles. The number of phenolic OH excluding ortho intramolecular Hbond substituents is 1. The summed E-state index contributed by atoms with van der Waals surface area (Å²) in [5.74, 6) is -0.499. The highest BCUT2D eigenvalue weighted by Crippen LogP contribution is 2.28. The van der Waals surface area contributed by atoms with Crippen molar-refractivity contribution in [3.8, 4) is 11.8 Å². The van der Waals surface area contributed by atoms with Crippen LogP contribution in [0.15, 0.2) is 42.5 Å². The molecular weight excluding hydrogens is 267 g/mol. The van der Waals surface area contributed by atoms with Crippen molar-refractivity contribution in [2.24, 2.45) is 0 Å². The summed E-state index contributed by atoms with van der Waals surface area (Å²) >= 11 is 5.79. The molecular formula is C14H10ClFN2O. The molecule has 0 spiro atoms. The van der Waals surface area contributed by atoms with E-state index in [-0.39, 0.29) is 16.5 Å². The van der Waals surface area contributed by atoms with Gasteiger partial charge in [-0.25, -0.2) is 4.39 Å². The van der Waals surface area contributed by atoms with E-state index in [0.29, 0.717) is 5.56 Å². The van der Waals surface area contributed by atoms with Gasteiger partial charge in [0.25, 0.3) is 0 Å². The second-order valence-corrected chi connectivity index (χ2v) is 4.30. The number of nitrogens with zero attached hydrogens (tertiary/aromatic N) is 1. The number of phenols is 1. The zero-order valence-electron chi connectivity index (χ0n) is 9.77. The maximum absolute atomic E-state index is 13.5. The van der Waals surface area contributed by atoms with E-state index < -0.39 is 11.9 Å². The zero-order valence-corrected chi connectivity index (χ0v) is 10.5. The SMILES string of the molecule is N#CC(Nc1ccccc1F)c1ccc(O)c(Cl)c1. The molecule has 5 heteroatoms. The van der Waals surface area contributed by atoms with Crippen molar-refractivity contribution in [1.82, 2.24) is 0 Å². The second-order valence-electron chi connectivity index (χ2n) is 3.90. The number of rotatable bonds is 3. The molecule has 0 aliphatic rings. The number of hydrogen-bond acceptors (Lipinski definition) is 3. The Kier molecular flexibility index (Phi) is 3.88. The van der Waals surface area contributed by atoms with Gasteiger partial charge in [0.15, 0.2) is 0 Å². The first-order chi connectivity index (χ1) is 9.11. The van der Waals surface area contributed by atoms with Crippen LogP contribution >= 0.6 is 11.6 Å². The molecule has 0 saturated heterocycles. The Morgan fingerprint density at radius 3 is 2.63 bits per heavy atom. The predicted octanol–water partition coefficient (Wildman–Crippen LogP) is 3.86. The summed E-state index contributed by atoms with van der Waals surface area (Å²) in [6.07, 6.45) is 0. The van der Waals surface area contributed by atoms with Crippen molar-refractivity contribution in [2.75, 3.05) is 5.32 Å². The van der Waals surface area contributed by atoms with Crippen LogP contribution < -0.4 is 5.32 Å². The molecule has 2 aromatic rings. The van der Waals surface area contributed by atoms with Crippen molar-refractivity contribution in [3.63, 3.8) is 0 Å². The molecule has 0 aliphatic carbocycles. The molecule has 0 heterocycles. The third-order valence-electron chi connectivity index (χ3n) is 2.61. The van der Waals surface area contributed by atoms with Gasteiger partial charge in [0, 0.05) is 0 Å². The van der Waals surface area contributed by atoms with Crippen LogP contribution in [0.3, 0.4) is 0 Å². The smallest absolute Gasteiger partial charge is 0.146 e. The molecule has 0 aliphatic heterocycles. The topological polar surface area (TPSA) is 56.0 Å². The monoisotopic (exact) mass is 276 g/mol. The number of hydrogen-bond donors (Lipinski definition) is 2. The molecule has 2 aromatic carbocycles. The number of halogens is 2. The highest BCUT2D eigenvalue weighted by atomic mass is 35.5. The lowest BCUT2D eigenvalue weighted by molar-refractivity contribution is 0.475. The van der Waals surface area contributed by atoms with Gasteiger partial charge in [-0.3, -0.25) is 0 Å². The molecule has 2 N–H and O–H groups in total. The Hall–Kier alpha value is -2.25. The number of anilines is 1. The van der Waals surface area contributed by atoms with E-state index >= 15 is 0 Å². The number of aromatic hydroxyl groups is 1. The van der Waals surface area contributed by atoms with Gasteiger partial charge in [0.05, 0.1) is 16.8 Å². The lowest BCUT2D eigenvalue weighted by atomic mass is 10.1. The van der Waals surface area contributed by atoms with Gasteiger partial charge >= 0.3 is 0 Å². The van der Waals surface area contributed by atoms with Crippen LogP contribution in [-0.2, 0) is 0 Å². The van der Waals surface area contributed by atoms with Crippen LogP contribution in [0.4, 0.5) is 10.1 Å². The Morgan fingerprint density at radius 2 is 2.00 bits per heavy atom. The van der Waals surface area contributed by atoms with E-state index in [4.69, 9.17) is 16.9 Å². The maximum atomic E-state index is 13.5. The molecule has 0 fully saturated rings. The lowest BCUT2D eigenvalue weighted by Gasteiger charge is -2.14. The number of para-hydroxylation sites is 1. The average Bonchev–Trinajstić information content (AvgIpc) is 2.41.